The van der Waals surface area contributed by atoms with Gasteiger partial charge in [0.15, 0.2) is 5.78 Å². The van der Waals surface area contributed by atoms with Gasteiger partial charge in [-0.15, -0.1) is 0 Å². The molecule has 0 aliphatic heterocycles. The van der Waals surface area contributed by atoms with Crippen molar-refractivity contribution in [2.24, 2.45) is 0 Å². The summed E-state index contributed by atoms with van der Waals surface area (Å²) in [6, 6.07) is 7.55. The molecule has 17 heavy (non-hydrogen) atoms. The molecule has 0 spiro atoms. The quantitative estimate of drug-likeness (QED) is 0.708. The molecule has 0 unspecified atom stereocenters. The van der Waals surface area contributed by atoms with Gasteiger partial charge in [-0.05, 0) is 26.0 Å². The van der Waals surface area contributed by atoms with Gasteiger partial charge in [-0.25, -0.2) is 0 Å². The highest BCUT2D eigenvalue weighted by Gasteiger charge is 2.04. The zero-order chi connectivity index (χ0) is 12.7. The molecule has 0 aliphatic carbocycles. The van der Waals surface area contributed by atoms with Crippen molar-refractivity contribution in [3.05, 3.63) is 29.8 Å². The molecular weight excluding hydrogens is 220 g/mol. The largest absolute Gasteiger partial charge is 0.493 e. The third-order valence-corrected chi connectivity index (χ3v) is 2.03. The number of esters is 1. The molecule has 1 aromatic rings. The maximum absolute atomic E-state index is 11.1. The smallest absolute Gasteiger partial charge is 0.309 e. The van der Waals surface area contributed by atoms with E-state index in [2.05, 4.69) is 0 Å². The highest BCUT2D eigenvalue weighted by atomic mass is 16.5. The fourth-order valence-electron chi connectivity index (χ4n) is 1.14. The van der Waals surface area contributed by atoms with Crippen LogP contribution in [-0.2, 0) is 14.3 Å². The van der Waals surface area contributed by atoms with Crippen molar-refractivity contribution in [2.45, 2.75) is 20.3 Å². The van der Waals surface area contributed by atoms with E-state index in [1.54, 1.807) is 0 Å². The molecule has 0 bridgehead atoms. The predicted octanol–water partition coefficient (Wildman–Crippen LogP) is 1.90. The topological polar surface area (TPSA) is 52.6 Å². The molecule has 0 heterocycles. The van der Waals surface area contributed by atoms with E-state index >= 15 is 0 Å². The molecule has 0 aliphatic rings. The zero-order valence-electron chi connectivity index (χ0n) is 10.1. The minimum absolute atomic E-state index is 0.140. The second-order valence-electron chi connectivity index (χ2n) is 3.77. The van der Waals surface area contributed by atoms with Crippen molar-refractivity contribution in [3.8, 4) is 5.75 Å². The van der Waals surface area contributed by atoms with Gasteiger partial charge in [0, 0.05) is 0 Å². The van der Waals surface area contributed by atoms with Gasteiger partial charge in [-0.3, -0.25) is 9.59 Å². The number of carbonyl (C=O) groups is 2. The van der Waals surface area contributed by atoms with Crippen LogP contribution < -0.4 is 4.74 Å². The first-order valence-corrected chi connectivity index (χ1v) is 5.42. The van der Waals surface area contributed by atoms with Crippen LogP contribution >= 0.6 is 0 Å². The molecule has 1 rings (SSSR count). The van der Waals surface area contributed by atoms with Gasteiger partial charge < -0.3 is 9.47 Å². The van der Waals surface area contributed by atoms with Crippen LogP contribution in [0.4, 0.5) is 0 Å². The molecule has 0 saturated heterocycles. The normalized spacial score (nSPS) is 9.76. The summed E-state index contributed by atoms with van der Waals surface area (Å²) < 4.78 is 10.0. The average Bonchev–Trinajstić information content (AvgIpc) is 2.29. The van der Waals surface area contributed by atoms with E-state index in [1.165, 1.54) is 6.92 Å². The number of hydrogen-bond acceptors (Lipinski definition) is 4. The van der Waals surface area contributed by atoms with Crippen molar-refractivity contribution < 1.29 is 19.1 Å². The van der Waals surface area contributed by atoms with Crippen LogP contribution in [0.3, 0.4) is 0 Å². The number of Topliss-reactive ketones (excluding diaryl/α,β-unsaturated/α-hetero) is 1. The Morgan fingerprint density at radius 2 is 1.82 bits per heavy atom. The minimum atomic E-state index is -0.424. The van der Waals surface area contributed by atoms with E-state index in [-0.39, 0.29) is 25.4 Å². The van der Waals surface area contributed by atoms with Crippen LogP contribution in [-0.4, -0.2) is 25.0 Å². The molecule has 4 nitrogen and oxygen atoms in total. The second-order valence-corrected chi connectivity index (χ2v) is 3.77. The monoisotopic (exact) mass is 236 g/mol. The Kier molecular flexibility index (Phi) is 5.20. The van der Waals surface area contributed by atoms with E-state index in [4.69, 9.17) is 9.47 Å². The summed E-state index contributed by atoms with van der Waals surface area (Å²) in [5.41, 5.74) is 1.15. The summed E-state index contributed by atoms with van der Waals surface area (Å²) in [5, 5.41) is 0. The first-order chi connectivity index (χ1) is 8.08. The lowest BCUT2D eigenvalue weighted by molar-refractivity contribution is -0.147. The summed E-state index contributed by atoms with van der Waals surface area (Å²) in [4.78, 5) is 21.7. The van der Waals surface area contributed by atoms with E-state index < -0.39 is 5.97 Å². The van der Waals surface area contributed by atoms with Crippen molar-refractivity contribution in [1.29, 1.82) is 0 Å². The van der Waals surface area contributed by atoms with Crippen LogP contribution in [0.15, 0.2) is 24.3 Å². The van der Waals surface area contributed by atoms with Gasteiger partial charge >= 0.3 is 5.97 Å². The number of rotatable bonds is 6. The Hall–Kier alpha value is -1.84. The zero-order valence-corrected chi connectivity index (χ0v) is 10.1. The van der Waals surface area contributed by atoms with Gasteiger partial charge in [-0.1, -0.05) is 17.7 Å². The van der Waals surface area contributed by atoms with Crippen LogP contribution in [0.25, 0.3) is 0 Å². The van der Waals surface area contributed by atoms with E-state index in [1.807, 2.05) is 31.2 Å². The summed E-state index contributed by atoms with van der Waals surface area (Å²) in [6.45, 7) is 3.45. The minimum Gasteiger partial charge on any atom is -0.493 e. The number of hydrogen-bond donors (Lipinski definition) is 0. The highest BCUT2D eigenvalue weighted by molar-refractivity contribution is 5.80. The number of ether oxygens (including phenoxy) is 2. The molecule has 0 fully saturated rings. The highest BCUT2D eigenvalue weighted by Crippen LogP contribution is 2.11. The molecule has 0 saturated carbocycles. The van der Waals surface area contributed by atoms with E-state index in [0.717, 1.165) is 11.3 Å². The first kappa shape index (κ1) is 13.2. The Balaban J connectivity index is 2.21. The maximum Gasteiger partial charge on any atom is 0.309 e. The van der Waals surface area contributed by atoms with E-state index in [0.29, 0.717) is 0 Å². The molecule has 0 radical (unpaired) electrons. The van der Waals surface area contributed by atoms with Crippen molar-refractivity contribution in [2.75, 3.05) is 13.2 Å². The summed E-state index contributed by atoms with van der Waals surface area (Å²) in [7, 11) is 0. The predicted molar refractivity (Wildman–Crippen MR) is 62.9 cm³/mol. The maximum atomic E-state index is 11.1. The van der Waals surface area contributed by atoms with Gasteiger partial charge in [0.05, 0.1) is 13.0 Å². The van der Waals surface area contributed by atoms with Crippen LogP contribution in [0, 0.1) is 6.92 Å². The Bertz CT molecular complexity index is 381. The first-order valence-electron chi connectivity index (χ1n) is 5.42. The lowest BCUT2D eigenvalue weighted by atomic mass is 10.2. The van der Waals surface area contributed by atoms with Crippen molar-refractivity contribution in [1.82, 2.24) is 0 Å². The van der Waals surface area contributed by atoms with Crippen LogP contribution in [0.5, 0.6) is 5.75 Å². The summed E-state index contributed by atoms with van der Waals surface area (Å²) >= 11 is 0. The number of benzene rings is 1. The van der Waals surface area contributed by atoms with E-state index in [9.17, 15) is 9.59 Å². The lowest BCUT2D eigenvalue weighted by Crippen LogP contribution is -2.14. The lowest BCUT2D eigenvalue weighted by Gasteiger charge is -2.06. The third kappa shape index (κ3) is 5.70. The van der Waals surface area contributed by atoms with Crippen LogP contribution in [0.1, 0.15) is 18.9 Å². The van der Waals surface area contributed by atoms with Gasteiger partial charge in [0.1, 0.15) is 12.4 Å². The number of carbonyl (C=O) groups excluding carboxylic acids is 2. The SMILES string of the molecule is CC(=O)COC(=O)CCOc1ccc(C)cc1. The summed E-state index contributed by atoms with van der Waals surface area (Å²) in [5.74, 6) is 0.125. The van der Waals surface area contributed by atoms with Gasteiger partial charge in [0.25, 0.3) is 0 Å². The standard InChI is InChI=1S/C13H16O4/c1-10-3-5-12(6-4-10)16-8-7-13(15)17-9-11(2)14/h3-6H,7-9H2,1-2H3. The number of ketones is 1. The molecule has 0 N–H and O–H groups in total. The Morgan fingerprint density at radius 1 is 1.18 bits per heavy atom. The summed E-state index contributed by atoms with van der Waals surface area (Å²) in [6.07, 6.45) is 0.140. The third-order valence-electron chi connectivity index (χ3n) is 2.03. The molecule has 4 heteroatoms. The number of aryl methyl sites for hydroxylation is 1. The average molecular weight is 236 g/mol. The molecule has 92 valence electrons. The molecule has 0 amide bonds. The van der Waals surface area contributed by atoms with Gasteiger partial charge in [0.2, 0.25) is 0 Å². The van der Waals surface area contributed by atoms with Crippen molar-refractivity contribution >= 4 is 11.8 Å². The second kappa shape index (κ2) is 6.68. The fourth-order valence-corrected chi connectivity index (χ4v) is 1.14. The van der Waals surface area contributed by atoms with Crippen molar-refractivity contribution in [3.63, 3.8) is 0 Å². The molecule has 0 aromatic heterocycles. The molecule has 0 atom stereocenters. The molecular formula is C13H16O4. The molecule has 1 aromatic carbocycles. The fraction of sp³-hybridized carbons (Fsp3) is 0.385. The Labute approximate surface area is 101 Å². The van der Waals surface area contributed by atoms with Gasteiger partial charge in [-0.2, -0.15) is 0 Å². The Morgan fingerprint density at radius 3 is 2.41 bits per heavy atom. The van der Waals surface area contributed by atoms with Crippen LogP contribution in [0.2, 0.25) is 0 Å².